The molecule has 1 aliphatic carbocycles. The van der Waals surface area contributed by atoms with Gasteiger partial charge in [0.1, 0.15) is 11.6 Å². The zero-order chi connectivity index (χ0) is 18.4. The van der Waals surface area contributed by atoms with E-state index >= 15 is 0 Å². The fourth-order valence-electron chi connectivity index (χ4n) is 3.41. The normalized spacial score (nSPS) is 16.1. The zero-order valence-corrected chi connectivity index (χ0v) is 15.6. The largest absolute Gasteiger partial charge is 0.378 e. The lowest BCUT2D eigenvalue weighted by Gasteiger charge is -2.28. The molecule has 138 valence electrons. The minimum absolute atomic E-state index is 0.656. The van der Waals surface area contributed by atoms with E-state index in [1.165, 1.54) is 24.2 Å². The Balaban J connectivity index is 1.43. The van der Waals surface area contributed by atoms with Gasteiger partial charge in [-0.15, -0.1) is 0 Å². The molecule has 7 heteroatoms. The summed E-state index contributed by atoms with van der Waals surface area (Å²) in [5.74, 6) is 3.44. The van der Waals surface area contributed by atoms with Crippen molar-refractivity contribution >= 4 is 23.0 Å². The molecular formula is C20H23N7. The first-order valence-electron chi connectivity index (χ1n) is 9.28. The molecule has 7 nitrogen and oxygen atoms in total. The molecule has 2 N–H and O–H groups in total. The molecule has 0 spiro atoms. The van der Waals surface area contributed by atoms with Crippen LogP contribution >= 0.6 is 0 Å². The van der Waals surface area contributed by atoms with Crippen LogP contribution in [0.25, 0.3) is 5.82 Å². The van der Waals surface area contributed by atoms with Crippen LogP contribution < -0.4 is 15.1 Å². The number of hydrogen-bond donors (Lipinski definition) is 2. The molecule has 3 heterocycles. The molecule has 2 aromatic heterocycles. The molecule has 0 saturated heterocycles. The Bertz CT molecular complexity index is 976. The molecule has 3 aromatic rings. The molecule has 1 aliphatic heterocycles. The number of aromatic amines is 1. The number of nitrogens with zero attached hydrogens (tertiary/aromatic N) is 5. The molecule has 0 radical (unpaired) electrons. The maximum Gasteiger partial charge on any atom is 0.153 e. The van der Waals surface area contributed by atoms with E-state index in [2.05, 4.69) is 85.5 Å². The van der Waals surface area contributed by atoms with E-state index in [0.29, 0.717) is 5.92 Å². The van der Waals surface area contributed by atoms with Gasteiger partial charge in [0.15, 0.2) is 5.82 Å². The van der Waals surface area contributed by atoms with Gasteiger partial charge in [0.25, 0.3) is 0 Å². The van der Waals surface area contributed by atoms with E-state index < -0.39 is 0 Å². The third kappa shape index (κ3) is 3.05. The Morgan fingerprint density at radius 2 is 2.00 bits per heavy atom. The first-order chi connectivity index (χ1) is 13.2. The van der Waals surface area contributed by atoms with Crippen LogP contribution in [0.1, 0.15) is 30.3 Å². The number of hydrogen-bond acceptors (Lipinski definition) is 5. The van der Waals surface area contributed by atoms with Crippen LogP contribution in [-0.4, -0.2) is 33.8 Å². The Hall–Kier alpha value is -3.22. The zero-order valence-electron chi connectivity index (χ0n) is 15.6. The lowest BCUT2D eigenvalue weighted by Crippen LogP contribution is -2.27. The van der Waals surface area contributed by atoms with Crippen molar-refractivity contribution < 1.29 is 0 Å². The minimum atomic E-state index is 0.656. The fourth-order valence-corrected chi connectivity index (χ4v) is 3.41. The summed E-state index contributed by atoms with van der Waals surface area (Å²) in [4.78, 5) is 8.83. The van der Waals surface area contributed by atoms with Crippen LogP contribution in [-0.2, 0) is 6.54 Å². The van der Waals surface area contributed by atoms with Gasteiger partial charge in [0.2, 0.25) is 0 Å². The predicted octanol–water partition coefficient (Wildman–Crippen LogP) is 3.44. The van der Waals surface area contributed by atoms with Gasteiger partial charge in [-0.25, -0.2) is 4.98 Å². The molecule has 1 fully saturated rings. The van der Waals surface area contributed by atoms with Gasteiger partial charge in [-0.1, -0.05) is 0 Å². The second-order valence-corrected chi connectivity index (χ2v) is 7.37. The Labute approximate surface area is 158 Å². The van der Waals surface area contributed by atoms with Gasteiger partial charge in [-0.3, -0.25) is 9.67 Å². The second-order valence-electron chi connectivity index (χ2n) is 7.37. The summed E-state index contributed by atoms with van der Waals surface area (Å²) in [7, 11) is 4.10. The molecule has 0 amide bonds. The summed E-state index contributed by atoms with van der Waals surface area (Å²) in [6, 6.07) is 10.7. The Morgan fingerprint density at radius 3 is 2.74 bits per heavy atom. The van der Waals surface area contributed by atoms with E-state index in [0.717, 1.165) is 29.7 Å². The molecule has 1 saturated carbocycles. The molecule has 0 bridgehead atoms. The van der Waals surface area contributed by atoms with Crippen molar-refractivity contribution in [2.75, 3.05) is 29.2 Å². The van der Waals surface area contributed by atoms with E-state index in [1.807, 2.05) is 12.4 Å². The average molecular weight is 361 g/mol. The van der Waals surface area contributed by atoms with Gasteiger partial charge in [0, 0.05) is 61.7 Å². The molecule has 0 unspecified atom stereocenters. The summed E-state index contributed by atoms with van der Waals surface area (Å²) in [6.07, 6.45) is 8.45. The van der Waals surface area contributed by atoms with Crippen LogP contribution in [0.4, 0.5) is 17.2 Å². The van der Waals surface area contributed by atoms with Gasteiger partial charge >= 0.3 is 0 Å². The van der Waals surface area contributed by atoms with E-state index in [4.69, 9.17) is 0 Å². The summed E-state index contributed by atoms with van der Waals surface area (Å²) >= 11 is 0. The first-order valence-corrected chi connectivity index (χ1v) is 9.28. The van der Waals surface area contributed by atoms with Crippen molar-refractivity contribution in [1.82, 2.24) is 19.7 Å². The van der Waals surface area contributed by atoms with E-state index in [-0.39, 0.29) is 0 Å². The van der Waals surface area contributed by atoms with Crippen molar-refractivity contribution in [3.8, 4) is 0 Å². The molecule has 5 rings (SSSR count). The molecule has 27 heavy (non-hydrogen) atoms. The summed E-state index contributed by atoms with van der Waals surface area (Å²) in [5.41, 5.74) is 3.54. The number of anilines is 3. The highest BCUT2D eigenvalue weighted by Gasteiger charge is 2.26. The van der Waals surface area contributed by atoms with Crippen LogP contribution in [0.5, 0.6) is 0 Å². The summed E-state index contributed by atoms with van der Waals surface area (Å²) < 4.78 is 2.08. The third-order valence-electron chi connectivity index (χ3n) is 5.14. The van der Waals surface area contributed by atoms with Crippen LogP contribution in [0.2, 0.25) is 0 Å². The standard InChI is InChI=1S/C20H23N7/c1-25(2)15-5-7-16(8-6-15)26-12-19-21-9-10-27(19)20(13-26)22-18-11-17(23-24-18)14-3-4-14/h5-11,13-14H,3-4,12H2,1-2H3,(H2,22,23,24). The minimum Gasteiger partial charge on any atom is -0.378 e. The number of rotatable bonds is 5. The molecule has 0 atom stereocenters. The number of benzene rings is 1. The van der Waals surface area contributed by atoms with Crippen LogP contribution in [0, 0.1) is 0 Å². The van der Waals surface area contributed by atoms with Crippen LogP contribution in [0.15, 0.2) is 48.9 Å². The Kier molecular flexibility index (Phi) is 3.67. The predicted molar refractivity (Wildman–Crippen MR) is 108 cm³/mol. The highest BCUT2D eigenvalue weighted by atomic mass is 15.3. The summed E-state index contributed by atoms with van der Waals surface area (Å²) in [5, 5.41) is 11.0. The van der Waals surface area contributed by atoms with Crippen molar-refractivity contribution in [1.29, 1.82) is 0 Å². The monoisotopic (exact) mass is 361 g/mol. The highest BCUT2D eigenvalue weighted by molar-refractivity contribution is 5.69. The number of fused-ring (bicyclic) bond motifs is 1. The molecule has 2 aliphatic rings. The second kappa shape index (κ2) is 6.19. The third-order valence-corrected chi connectivity index (χ3v) is 5.14. The van der Waals surface area contributed by atoms with Gasteiger partial charge in [0.05, 0.1) is 6.54 Å². The lowest BCUT2D eigenvalue weighted by atomic mass is 10.2. The number of aromatic nitrogens is 4. The fraction of sp³-hybridized carbons (Fsp3) is 0.300. The first kappa shape index (κ1) is 16.0. The van der Waals surface area contributed by atoms with Crippen molar-refractivity contribution in [3.63, 3.8) is 0 Å². The average Bonchev–Trinajstić information content (AvgIpc) is 3.23. The SMILES string of the molecule is CN(C)c1ccc(N2C=C(Nc3cc(C4CC4)[nH]n3)n3ccnc3C2)cc1. The summed E-state index contributed by atoms with van der Waals surface area (Å²) in [6.45, 7) is 0.730. The number of imidazole rings is 1. The lowest BCUT2D eigenvalue weighted by molar-refractivity contribution is 0.805. The molecular weight excluding hydrogens is 338 g/mol. The Morgan fingerprint density at radius 1 is 1.19 bits per heavy atom. The maximum absolute atomic E-state index is 4.52. The highest BCUT2D eigenvalue weighted by Crippen LogP contribution is 2.39. The smallest absolute Gasteiger partial charge is 0.153 e. The van der Waals surface area contributed by atoms with Gasteiger partial charge < -0.3 is 15.1 Å². The van der Waals surface area contributed by atoms with E-state index in [9.17, 15) is 0 Å². The van der Waals surface area contributed by atoms with E-state index in [1.54, 1.807) is 0 Å². The van der Waals surface area contributed by atoms with Gasteiger partial charge in [-0.2, -0.15) is 5.10 Å². The van der Waals surface area contributed by atoms with Crippen molar-refractivity contribution in [2.24, 2.45) is 0 Å². The number of nitrogens with one attached hydrogen (secondary N) is 2. The number of H-pyrrole nitrogens is 1. The van der Waals surface area contributed by atoms with Crippen LogP contribution in [0.3, 0.4) is 0 Å². The topological polar surface area (TPSA) is 65.0 Å². The molecule has 1 aromatic carbocycles. The quantitative estimate of drug-likeness (QED) is 0.729. The van der Waals surface area contributed by atoms with Crippen molar-refractivity contribution in [2.45, 2.75) is 25.3 Å². The van der Waals surface area contributed by atoms with Crippen molar-refractivity contribution in [3.05, 3.63) is 60.4 Å². The maximum atomic E-state index is 4.52. The van der Waals surface area contributed by atoms with Gasteiger partial charge in [-0.05, 0) is 37.1 Å².